The monoisotopic (exact) mass is 336 g/mol. The van der Waals surface area contributed by atoms with Gasteiger partial charge >= 0.3 is 0 Å². The van der Waals surface area contributed by atoms with Crippen LogP contribution in [0, 0.1) is 5.92 Å². The van der Waals surface area contributed by atoms with Crippen molar-refractivity contribution >= 4 is 23.6 Å². The van der Waals surface area contributed by atoms with Crippen LogP contribution in [0.2, 0.25) is 0 Å². The van der Waals surface area contributed by atoms with Crippen LogP contribution in [-0.2, 0) is 4.79 Å². The van der Waals surface area contributed by atoms with Crippen LogP contribution in [0.3, 0.4) is 0 Å². The van der Waals surface area contributed by atoms with Gasteiger partial charge in [0.05, 0.1) is 6.20 Å². The first-order valence-electron chi connectivity index (χ1n) is 7.85. The molecule has 1 aliphatic heterocycles. The van der Waals surface area contributed by atoms with E-state index in [0.29, 0.717) is 6.42 Å². The average Bonchev–Trinajstić information content (AvgIpc) is 3.04. The molecule has 0 radical (unpaired) electrons. The molecule has 1 aromatic heterocycles. The number of aromatic amines is 1. The molecule has 7 nitrogen and oxygen atoms in total. The Hall–Kier alpha value is -1.83. The fourth-order valence-electron chi connectivity index (χ4n) is 3.10. The van der Waals surface area contributed by atoms with Crippen molar-refractivity contribution in [3.63, 3.8) is 0 Å². The number of rotatable bonds is 3. The number of hydrogen-bond acceptors (Lipinski definition) is 5. The van der Waals surface area contributed by atoms with Crippen molar-refractivity contribution in [3.8, 4) is 0 Å². The average molecular weight is 336 g/mol. The third-order valence-electron chi connectivity index (χ3n) is 4.34. The summed E-state index contributed by atoms with van der Waals surface area (Å²) in [5.74, 6) is 1.94. The number of aromatic nitrogens is 2. The van der Waals surface area contributed by atoms with Crippen molar-refractivity contribution in [1.29, 1.82) is 0 Å². The van der Waals surface area contributed by atoms with Crippen molar-refractivity contribution in [1.82, 2.24) is 20.2 Å². The first-order valence-corrected chi connectivity index (χ1v) is 9.01. The highest BCUT2D eigenvalue weighted by molar-refractivity contribution is 7.99. The molecule has 23 heavy (non-hydrogen) atoms. The highest BCUT2D eigenvalue weighted by Crippen LogP contribution is 2.28. The van der Waals surface area contributed by atoms with E-state index in [1.807, 2.05) is 16.7 Å². The molecule has 0 unspecified atom stereocenters. The number of carbonyl (C=O) groups is 2. The largest absolute Gasteiger partial charge is 0.348 e. The van der Waals surface area contributed by atoms with Crippen molar-refractivity contribution in [2.45, 2.75) is 25.3 Å². The molecule has 124 valence electrons. The number of hydrogen-bond donors (Lipinski definition) is 2. The summed E-state index contributed by atoms with van der Waals surface area (Å²) < 4.78 is 0. The van der Waals surface area contributed by atoms with Gasteiger partial charge in [0.15, 0.2) is 0 Å². The predicted octanol–water partition coefficient (Wildman–Crippen LogP) is 0.244. The summed E-state index contributed by atoms with van der Waals surface area (Å²) in [6.45, 7) is 1.66. The molecule has 2 amide bonds. The quantitative estimate of drug-likeness (QED) is 0.825. The number of amides is 2. The summed E-state index contributed by atoms with van der Waals surface area (Å²) in [5.41, 5.74) is -0.153. The molecule has 0 aromatic carbocycles. The smallest absolute Gasteiger partial charge is 0.271 e. The van der Waals surface area contributed by atoms with Crippen LogP contribution in [0.1, 0.15) is 29.8 Å². The van der Waals surface area contributed by atoms with E-state index in [9.17, 15) is 14.4 Å². The van der Waals surface area contributed by atoms with Crippen LogP contribution in [-0.4, -0.2) is 57.3 Å². The number of nitrogens with one attached hydrogen (secondary N) is 2. The summed E-state index contributed by atoms with van der Waals surface area (Å²) >= 11 is 1.88. The van der Waals surface area contributed by atoms with Gasteiger partial charge in [0, 0.05) is 42.8 Å². The zero-order valence-electron chi connectivity index (χ0n) is 12.8. The number of H-pyrrole nitrogens is 1. The maximum atomic E-state index is 12.5. The van der Waals surface area contributed by atoms with Gasteiger partial charge in [-0.15, -0.1) is 0 Å². The molecule has 2 atom stereocenters. The van der Waals surface area contributed by atoms with Crippen LogP contribution in [0.4, 0.5) is 0 Å². The van der Waals surface area contributed by atoms with Crippen molar-refractivity contribution < 1.29 is 9.59 Å². The normalized spacial score (nSPS) is 24.4. The zero-order valence-corrected chi connectivity index (χ0v) is 13.6. The Morgan fingerprint density at radius 3 is 2.78 bits per heavy atom. The van der Waals surface area contributed by atoms with Gasteiger partial charge in [-0.2, -0.15) is 11.8 Å². The Morgan fingerprint density at radius 2 is 2.09 bits per heavy atom. The summed E-state index contributed by atoms with van der Waals surface area (Å²) in [6, 6.07) is -0.00987. The molecular weight excluding hydrogens is 316 g/mol. The predicted molar refractivity (Wildman–Crippen MR) is 87.4 cm³/mol. The van der Waals surface area contributed by atoms with E-state index in [0.717, 1.165) is 43.6 Å². The summed E-state index contributed by atoms with van der Waals surface area (Å²) in [5, 5.41) is 2.90. The lowest BCUT2D eigenvalue weighted by Gasteiger charge is -2.29. The molecule has 2 heterocycles. The maximum Gasteiger partial charge on any atom is 0.271 e. The second-order valence-electron chi connectivity index (χ2n) is 5.91. The lowest BCUT2D eigenvalue weighted by molar-refractivity contribution is -0.135. The first-order chi connectivity index (χ1) is 11.1. The Bertz CT molecular complexity index is 621. The van der Waals surface area contributed by atoms with E-state index >= 15 is 0 Å². The molecule has 1 saturated carbocycles. The van der Waals surface area contributed by atoms with Crippen LogP contribution in [0.15, 0.2) is 17.2 Å². The third kappa shape index (κ3) is 3.93. The number of nitrogens with zero attached hydrogens (tertiary/aromatic N) is 2. The summed E-state index contributed by atoms with van der Waals surface area (Å²) in [6.07, 6.45) is 4.68. The minimum Gasteiger partial charge on any atom is -0.348 e. The molecule has 2 aliphatic rings. The number of thioether (sulfide) groups is 1. The second kappa shape index (κ2) is 7.16. The molecule has 2 fully saturated rings. The zero-order chi connectivity index (χ0) is 16.2. The summed E-state index contributed by atoms with van der Waals surface area (Å²) in [7, 11) is 0. The van der Waals surface area contributed by atoms with Gasteiger partial charge < -0.3 is 15.2 Å². The third-order valence-corrected chi connectivity index (χ3v) is 5.29. The standard InChI is InChI=1S/C15H20N4O3S/c20-13-9-16-12(8-17-13)14(21)18-11-2-1-10(7-11)15(22)19-3-5-23-6-4-19/h8-11H,1-7H2,(H,17,20)(H,18,21)/t10-,11+/m1/s1. The second-order valence-corrected chi connectivity index (χ2v) is 7.14. The Labute approximate surface area is 138 Å². The van der Waals surface area contributed by atoms with Crippen molar-refractivity contribution in [2.24, 2.45) is 5.92 Å². The molecule has 2 N–H and O–H groups in total. The van der Waals surface area contributed by atoms with Crippen molar-refractivity contribution in [2.75, 3.05) is 24.6 Å². The lowest BCUT2D eigenvalue weighted by Crippen LogP contribution is -2.41. The van der Waals surface area contributed by atoms with Gasteiger partial charge in [-0.25, -0.2) is 4.98 Å². The Morgan fingerprint density at radius 1 is 1.30 bits per heavy atom. The van der Waals surface area contributed by atoms with E-state index < -0.39 is 0 Å². The molecular formula is C15H20N4O3S. The van der Waals surface area contributed by atoms with Crippen LogP contribution in [0.25, 0.3) is 0 Å². The SMILES string of the molecule is O=C(N[C@H]1CC[C@@H](C(=O)N2CCSCC2)C1)c1c[nH]c(=O)cn1. The molecule has 0 spiro atoms. The Kier molecular flexibility index (Phi) is 5.00. The first kappa shape index (κ1) is 16.0. The van der Waals surface area contributed by atoms with Crippen LogP contribution in [0.5, 0.6) is 0 Å². The van der Waals surface area contributed by atoms with E-state index in [-0.39, 0.29) is 35.0 Å². The molecule has 1 aliphatic carbocycles. The van der Waals surface area contributed by atoms with E-state index in [1.54, 1.807) is 0 Å². The van der Waals surface area contributed by atoms with Crippen LogP contribution >= 0.6 is 11.8 Å². The molecule has 8 heteroatoms. The summed E-state index contributed by atoms with van der Waals surface area (Å²) in [4.78, 5) is 43.8. The molecule has 1 aromatic rings. The fourth-order valence-corrected chi connectivity index (χ4v) is 4.01. The van der Waals surface area contributed by atoms with Gasteiger partial charge in [-0.3, -0.25) is 14.4 Å². The van der Waals surface area contributed by atoms with Gasteiger partial charge in [0.2, 0.25) is 5.91 Å². The minimum atomic E-state index is -0.340. The van der Waals surface area contributed by atoms with Gasteiger partial charge in [0.25, 0.3) is 11.5 Å². The minimum absolute atomic E-state index is 0.00643. The number of carbonyl (C=O) groups excluding carboxylic acids is 2. The van der Waals surface area contributed by atoms with E-state index in [2.05, 4.69) is 15.3 Å². The van der Waals surface area contributed by atoms with Crippen LogP contribution < -0.4 is 10.9 Å². The Balaban J connectivity index is 1.53. The molecule has 3 rings (SSSR count). The van der Waals surface area contributed by atoms with Gasteiger partial charge in [0.1, 0.15) is 5.69 Å². The fraction of sp³-hybridized carbons (Fsp3) is 0.600. The highest BCUT2D eigenvalue weighted by Gasteiger charge is 2.33. The maximum absolute atomic E-state index is 12.5. The molecule has 1 saturated heterocycles. The molecule has 0 bridgehead atoms. The van der Waals surface area contributed by atoms with Gasteiger partial charge in [-0.05, 0) is 19.3 Å². The topological polar surface area (TPSA) is 95.2 Å². The van der Waals surface area contributed by atoms with Gasteiger partial charge in [-0.1, -0.05) is 0 Å². The van der Waals surface area contributed by atoms with E-state index in [4.69, 9.17) is 0 Å². The highest BCUT2D eigenvalue weighted by atomic mass is 32.2. The van der Waals surface area contributed by atoms with Crippen molar-refractivity contribution in [3.05, 3.63) is 28.4 Å². The lowest BCUT2D eigenvalue weighted by atomic mass is 10.1. The van der Waals surface area contributed by atoms with E-state index in [1.165, 1.54) is 6.20 Å².